The molecular weight excluding hydrogens is 230 g/mol. The van der Waals surface area contributed by atoms with Crippen molar-refractivity contribution in [2.24, 2.45) is 10.7 Å². The number of carbonyl (C=O) groups is 1. The quantitative estimate of drug-likeness (QED) is 0.557. The molecule has 0 radical (unpaired) electrons. The van der Waals surface area contributed by atoms with Crippen molar-refractivity contribution < 1.29 is 9.53 Å². The lowest BCUT2D eigenvalue weighted by Crippen LogP contribution is -2.25. The van der Waals surface area contributed by atoms with Crippen LogP contribution in [0, 0.1) is 0 Å². The molecule has 0 aromatic rings. The summed E-state index contributed by atoms with van der Waals surface area (Å²) in [6.07, 6.45) is 0.951. The first kappa shape index (κ1) is 13.0. The largest absolute Gasteiger partial charge is 0.461 e. The second-order valence-corrected chi connectivity index (χ2v) is 3.68. The predicted molar refractivity (Wildman–Crippen MR) is 63.5 cm³/mol. The van der Waals surface area contributed by atoms with Crippen LogP contribution in [0.15, 0.2) is 15.7 Å². The summed E-state index contributed by atoms with van der Waals surface area (Å²) in [4.78, 5) is 15.6. The van der Waals surface area contributed by atoms with Crippen molar-refractivity contribution in [3.8, 4) is 0 Å². The average molecular weight is 246 g/mol. The van der Waals surface area contributed by atoms with Gasteiger partial charge >= 0.3 is 5.97 Å². The van der Waals surface area contributed by atoms with Crippen molar-refractivity contribution in [2.45, 2.75) is 13.3 Å². The Kier molecular flexibility index (Phi) is 5.28. The van der Waals surface area contributed by atoms with Crippen molar-refractivity contribution in [1.82, 2.24) is 5.32 Å². The van der Waals surface area contributed by atoms with Crippen LogP contribution in [0.3, 0.4) is 0 Å². The van der Waals surface area contributed by atoms with E-state index in [0.717, 1.165) is 13.0 Å². The summed E-state index contributed by atoms with van der Waals surface area (Å²) in [5.41, 5.74) is 6.13. The molecule has 0 aliphatic carbocycles. The third-order valence-corrected chi connectivity index (χ3v) is 2.51. The summed E-state index contributed by atoms with van der Waals surface area (Å²) < 4.78 is 4.77. The van der Waals surface area contributed by atoms with Crippen LogP contribution >= 0.6 is 11.6 Å². The Morgan fingerprint density at radius 1 is 1.69 bits per heavy atom. The van der Waals surface area contributed by atoms with E-state index in [4.69, 9.17) is 22.1 Å². The summed E-state index contributed by atoms with van der Waals surface area (Å²) in [5, 5.41) is 3.33. The van der Waals surface area contributed by atoms with Crippen LogP contribution in [0.5, 0.6) is 0 Å². The SMILES string of the molecule is CCOC(=O)/C(N)=C(\Cl)C1=NCCCNC1. The Labute approximate surface area is 99.7 Å². The molecule has 1 aliphatic rings. The van der Waals surface area contributed by atoms with Crippen LogP contribution in [0.2, 0.25) is 0 Å². The second-order valence-electron chi connectivity index (χ2n) is 3.31. The Balaban J connectivity index is 2.80. The standard InChI is InChI=1S/C10H16ClN3O2/c1-2-16-10(15)9(12)8(11)7-6-13-4-3-5-14-7/h13H,2-6,12H2,1H3/b9-8+. The van der Waals surface area contributed by atoms with Crippen LogP contribution in [0.25, 0.3) is 0 Å². The lowest BCUT2D eigenvalue weighted by atomic mass is 10.3. The Morgan fingerprint density at radius 2 is 2.44 bits per heavy atom. The molecule has 90 valence electrons. The number of ether oxygens (including phenoxy) is 1. The van der Waals surface area contributed by atoms with Crippen molar-refractivity contribution >= 4 is 23.3 Å². The number of carbonyl (C=O) groups excluding carboxylic acids is 1. The van der Waals surface area contributed by atoms with E-state index in [0.29, 0.717) is 18.8 Å². The lowest BCUT2D eigenvalue weighted by molar-refractivity contribution is -0.138. The van der Waals surface area contributed by atoms with Crippen LogP contribution in [-0.2, 0) is 9.53 Å². The van der Waals surface area contributed by atoms with Gasteiger partial charge in [0.15, 0.2) is 0 Å². The number of rotatable bonds is 3. The van der Waals surface area contributed by atoms with Crippen LogP contribution in [0.1, 0.15) is 13.3 Å². The van der Waals surface area contributed by atoms with E-state index in [1.807, 2.05) is 0 Å². The van der Waals surface area contributed by atoms with Gasteiger partial charge in [-0.3, -0.25) is 4.99 Å². The molecule has 0 aromatic carbocycles. The van der Waals surface area contributed by atoms with Crippen molar-refractivity contribution in [3.63, 3.8) is 0 Å². The third kappa shape index (κ3) is 3.50. The minimum absolute atomic E-state index is 0.0778. The Hall–Kier alpha value is -1.07. The normalized spacial score (nSPS) is 18.2. The summed E-state index contributed by atoms with van der Waals surface area (Å²) in [5.74, 6) is -0.598. The molecule has 0 aromatic heterocycles. The van der Waals surface area contributed by atoms with Gasteiger partial charge in [0.2, 0.25) is 0 Å². The van der Waals surface area contributed by atoms with Crippen LogP contribution in [0.4, 0.5) is 0 Å². The first-order valence-corrected chi connectivity index (χ1v) is 5.61. The van der Waals surface area contributed by atoms with E-state index in [1.165, 1.54) is 0 Å². The maximum Gasteiger partial charge on any atom is 0.355 e. The number of nitrogens with two attached hydrogens (primary N) is 1. The molecule has 0 unspecified atom stereocenters. The summed E-state index contributed by atoms with van der Waals surface area (Å²) in [7, 11) is 0. The molecule has 0 amide bonds. The van der Waals surface area contributed by atoms with E-state index in [-0.39, 0.29) is 17.3 Å². The number of hydrogen-bond acceptors (Lipinski definition) is 5. The molecule has 0 saturated carbocycles. The predicted octanol–water partition coefficient (Wildman–Crippen LogP) is 0.393. The van der Waals surface area contributed by atoms with Crippen molar-refractivity contribution in [2.75, 3.05) is 26.2 Å². The Bertz CT molecular complexity index is 326. The van der Waals surface area contributed by atoms with Gasteiger partial charge in [-0.2, -0.15) is 0 Å². The van der Waals surface area contributed by atoms with Gasteiger partial charge in [-0.1, -0.05) is 11.6 Å². The lowest BCUT2D eigenvalue weighted by Gasteiger charge is -2.07. The molecule has 1 heterocycles. The van der Waals surface area contributed by atoms with E-state index >= 15 is 0 Å². The summed E-state index contributed by atoms with van der Waals surface area (Å²) in [6, 6.07) is 0. The molecule has 3 N–H and O–H groups in total. The summed E-state index contributed by atoms with van der Waals surface area (Å²) in [6.45, 7) is 4.09. The van der Waals surface area contributed by atoms with Gasteiger partial charge < -0.3 is 15.8 Å². The minimum Gasteiger partial charge on any atom is -0.461 e. The molecule has 0 fully saturated rings. The Morgan fingerprint density at radius 3 is 3.12 bits per heavy atom. The fourth-order valence-corrected chi connectivity index (χ4v) is 1.49. The van der Waals surface area contributed by atoms with E-state index in [1.54, 1.807) is 6.92 Å². The molecule has 6 heteroatoms. The fraction of sp³-hybridized carbons (Fsp3) is 0.600. The van der Waals surface area contributed by atoms with Gasteiger partial charge in [-0.05, 0) is 19.9 Å². The molecule has 5 nitrogen and oxygen atoms in total. The van der Waals surface area contributed by atoms with E-state index < -0.39 is 5.97 Å². The monoisotopic (exact) mass is 245 g/mol. The highest BCUT2D eigenvalue weighted by molar-refractivity contribution is 6.45. The van der Waals surface area contributed by atoms with Gasteiger partial charge in [0.05, 0.1) is 17.4 Å². The number of nitrogens with one attached hydrogen (secondary N) is 1. The first-order chi connectivity index (χ1) is 7.66. The van der Waals surface area contributed by atoms with Crippen molar-refractivity contribution in [3.05, 3.63) is 10.7 Å². The zero-order chi connectivity index (χ0) is 12.0. The zero-order valence-corrected chi connectivity index (χ0v) is 10.0. The zero-order valence-electron chi connectivity index (χ0n) is 9.25. The van der Waals surface area contributed by atoms with Gasteiger partial charge in [0.25, 0.3) is 0 Å². The number of aliphatic imine (C=N–C) groups is 1. The van der Waals surface area contributed by atoms with Gasteiger partial charge in [-0.25, -0.2) is 4.79 Å². The fourth-order valence-electron chi connectivity index (χ4n) is 1.28. The maximum atomic E-state index is 11.3. The molecular formula is C10H16ClN3O2. The maximum absolute atomic E-state index is 11.3. The van der Waals surface area contributed by atoms with Crippen molar-refractivity contribution in [1.29, 1.82) is 0 Å². The third-order valence-electron chi connectivity index (χ3n) is 2.09. The smallest absolute Gasteiger partial charge is 0.355 e. The van der Waals surface area contributed by atoms with Crippen LogP contribution in [-0.4, -0.2) is 37.9 Å². The van der Waals surface area contributed by atoms with Gasteiger partial charge in [-0.15, -0.1) is 0 Å². The highest BCUT2D eigenvalue weighted by Crippen LogP contribution is 2.11. The van der Waals surface area contributed by atoms with Crippen LogP contribution < -0.4 is 11.1 Å². The minimum atomic E-state index is -0.598. The van der Waals surface area contributed by atoms with E-state index in [9.17, 15) is 4.79 Å². The van der Waals surface area contributed by atoms with Gasteiger partial charge in [0.1, 0.15) is 5.70 Å². The molecule has 0 bridgehead atoms. The number of hydrogen-bond donors (Lipinski definition) is 2. The molecule has 16 heavy (non-hydrogen) atoms. The molecule has 0 atom stereocenters. The highest BCUT2D eigenvalue weighted by atomic mass is 35.5. The molecule has 0 saturated heterocycles. The van der Waals surface area contributed by atoms with E-state index in [2.05, 4.69) is 10.3 Å². The molecule has 1 aliphatic heterocycles. The number of nitrogens with zero attached hydrogens (tertiary/aromatic N) is 1. The van der Waals surface area contributed by atoms with Gasteiger partial charge in [0, 0.05) is 13.1 Å². The average Bonchev–Trinajstić information content (AvgIpc) is 2.56. The molecule has 1 rings (SSSR count). The number of esters is 1. The second kappa shape index (κ2) is 6.50. The first-order valence-electron chi connectivity index (χ1n) is 5.23. The molecule has 0 spiro atoms. The highest BCUT2D eigenvalue weighted by Gasteiger charge is 2.16. The summed E-state index contributed by atoms with van der Waals surface area (Å²) >= 11 is 6.00. The topological polar surface area (TPSA) is 76.7 Å². The number of halogens is 1.